The Morgan fingerprint density at radius 2 is 1.96 bits per heavy atom. The monoisotopic (exact) mass is 348 g/mol. The van der Waals surface area contributed by atoms with E-state index in [9.17, 15) is 4.79 Å². The van der Waals surface area contributed by atoms with Gasteiger partial charge in [0.05, 0.1) is 5.70 Å². The van der Waals surface area contributed by atoms with Crippen molar-refractivity contribution in [2.75, 3.05) is 13.1 Å². The molecule has 0 bridgehead atoms. The van der Waals surface area contributed by atoms with Gasteiger partial charge in [-0.15, -0.1) is 12.4 Å². The molecule has 1 saturated carbocycles. The number of allylic oxidation sites excluding steroid dienone is 3. The SMILES string of the molecule is CC(C)(C)C1CCC2=C3C(=CC(=O)CC34CCNCC4)N=C2C1.Cl. The molecule has 0 aromatic rings. The lowest BCUT2D eigenvalue weighted by Crippen LogP contribution is -2.41. The highest BCUT2D eigenvalue weighted by molar-refractivity contribution is 6.08. The Morgan fingerprint density at radius 3 is 2.62 bits per heavy atom. The fraction of sp³-hybridized carbons (Fsp3) is 0.700. The number of hydrogen-bond acceptors (Lipinski definition) is 3. The standard InChI is InChI=1S/C20H28N2O.ClH/c1-19(2,3)13-4-5-15-16(10-13)22-17-11-14(23)12-20(18(15)17)6-8-21-9-7-20;/h11,13,21H,4-10,12H2,1-3H3;1H. The number of ketones is 1. The molecule has 4 rings (SSSR count). The van der Waals surface area contributed by atoms with Crippen molar-refractivity contribution < 1.29 is 4.79 Å². The summed E-state index contributed by atoms with van der Waals surface area (Å²) in [6, 6.07) is 0. The summed E-state index contributed by atoms with van der Waals surface area (Å²) in [7, 11) is 0. The summed E-state index contributed by atoms with van der Waals surface area (Å²) >= 11 is 0. The zero-order chi connectivity index (χ0) is 16.2. The van der Waals surface area contributed by atoms with Crippen LogP contribution in [0.5, 0.6) is 0 Å². The van der Waals surface area contributed by atoms with Crippen molar-refractivity contribution >= 4 is 23.9 Å². The van der Waals surface area contributed by atoms with Gasteiger partial charge in [-0.1, -0.05) is 20.8 Å². The molecular formula is C20H29ClN2O. The molecule has 2 fully saturated rings. The molecule has 3 nitrogen and oxygen atoms in total. The number of hydrogen-bond donors (Lipinski definition) is 1. The average molecular weight is 349 g/mol. The van der Waals surface area contributed by atoms with E-state index in [4.69, 9.17) is 4.99 Å². The van der Waals surface area contributed by atoms with E-state index >= 15 is 0 Å². The Hall–Kier alpha value is -0.930. The first-order valence-electron chi connectivity index (χ1n) is 9.16. The summed E-state index contributed by atoms with van der Waals surface area (Å²) in [5.41, 5.74) is 5.69. The number of halogens is 1. The van der Waals surface area contributed by atoms with Gasteiger partial charge in [0, 0.05) is 23.6 Å². The van der Waals surface area contributed by atoms with Crippen LogP contribution in [0.15, 0.2) is 27.9 Å². The molecule has 2 heterocycles. The van der Waals surface area contributed by atoms with Gasteiger partial charge >= 0.3 is 0 Å². The van der Waals surface area contributed by atoms with E-state index in [0.29, 0.717) is 17.8 Å². The summed E-state index contributed by atoms with van der Waals surface area (Å²) in [5.74, 6) is 0.979. The first-order chi connectivity index (χ1) is 10.9. The van der Waals surface area contributed by atoms with Gasteiger partial charge in [-0.2, -0.15) is 0 Å². The quantitative estimate of drug-likeness (QED) is 0.711. The molecule has 1 unspecified atom stereocenters. The maximum atomic E-state index is 12.3. The summed E-state index contributed by atoms with van der Waals surface area (Å²) in [5, 5.41) is 3.46. The molecule has 2 aliphatic heterocycles. The minimum atomic E-state index is 0. The Balaban J connectivity index is 0.00000169. The molecule has 1 N–H and O–H groups in total. The predicted octanol–water partition coefficient (Wildman–Crippen LogP) is 4.23. The predicted molar refractivity (Wildman–Crippen MR) is 101 cm³/mol. The van der Waals surface area contributed by atoms with Crippen LogP contribution in [0.1, 0.15) is 59.3 Å². The van der Waals surface area contributed by atoms with Gasteiger partial charge in [-0.3, -0.25) is 9.79 Å². The Bertz CT molecular complexity index is 645. The Labute approximate surface area is 151 Å². The minimum absolute atomic E-state index is 0. The van der Waals surface area contributed by atoms with E-state index in [1.807, 2.05) is 6.08 Å². The van der Waals surface area contributed by atoms with Crippen LogP contribution in [-0.4, -0.2) is 24.6 Å². The van der Waals surface area contributed by atoms with E-state index in [2.05, 4.69) is 26.1 Å². The van der Waals surface area contributed by atoms with Crippen LogP contribution in [0.3, 0.4) is 0 Å². The third-order valence-electron chi connectivity index (χ3n) is 6.47. The van der Waals surface area contributed by atoms with Crippen molar-refractivity contribution in [1.29, 1.82) is 0 Å². The van der Waals surface area contributed by atoms with Gasteiger partial charge < -0.3 is 5.32 Å². The topological polar surface area (TPSA) is 41.5 Å². The number of fused-ring (bicyclic) bond motifs is 3. The zero-order valence-corrected chi connectivity index (χ0v) is 15.9. The number of nitrogens with one attached hydrogen (secondary N) is 1. The summed E-state index contributed by atoms with van der Waals surface area (Å²) in [6.07, 6.45) is 8.19. The van der Waals surface area contributed by atoms with Gasteiger partial charge in [0.15, 0.2) is 5.78 Å². The van der Waals surface area contributed by atoms with Crippen molar-refractivity contribution in [3.63, 3.8) is 0 Å². The lowest BCUT2D eigenvalue weighted by atomic mass is 9.63. The molecule has 4 heteroatoms. The highest BCUT2D eigenvalue weighted by Gasteiger charge is 2.47. The van der Waals surface area contributed by atoms with Crippen molar-refractivity contribution in [2.45, 2.75) is 59.3 Å². The number of aliphatic imine (C=N–C) groups is 1. The highest BCUT2D eigenvalue weighted by atomic mass is 35.5. The number of nitrogens with zero attached hydrogens (tertiary/aromatic N) is 1. The molecular weight excluding hydrogens is 320 g/mol. The molecule has 0 amide bonds. The third kappa shape index (κ3) is 2.80. The first kappa shape index (κ1) is 17.9. The molecule has 1 spiro atoms. The van der Waals surface area contributed by atoms with Crippen LogP contribution in [0.4, 0.5) is 0 Å². The van der Waals surface area contributed by atoms with E-state index in [0.717, 1.165) is 44.5 Å². The summed E-state index contributed by atoms with van der Waals surface area (Å²) < 4.78 is 0. The minimum Gasteiger partial charge on any atom is -0.317 e. The number of carbonyl (C=O) groups is 1. The Kier molecular flexibility index (Phi) is 4.55. The molecule has 1 atom stereocenters. The molecule has 132 valence electrons. The zero-order valence-electron chi connectivity index (χ0n) is 15.1. The van der Waals surface area contributed by atoms with Gasteiger partial charge in [0.1, 0.15) is 0 Å². The van der Waals surface area contributed by atoms with Crippen LogP contribution >= 0.6 is 12.4 Å². The summed E-state index contributed by atoms with van der Waals surface area (Å²) in [6.45, 7) is 9.08. The smallest absolute Gasteiger partial charge is 0.158 e. The van der Waals surface area contributed by atoms with Crippen LogP contribution in [-0.2, 0) is 4.79 Å². The second-order valence-electron chi connectivity index (χ2n) is 8.92. The molecule has 2 aliphatic carbocycles. The molecule has 0 aromatic heterocycles. The number of rotatable bonds is 0. The van der Waals surface area contributed by atoms with Crippen molar-refractivity contribution in [2.24, 2.45) is 21.7 Å². The third-order valence-corrected chi connectivity index (χ3v) is 6.47. The van der Waals surface area contributed by atoms with Crippen molar-refractivity contribution in [1.82, 2.24) is 5.32 Å². The maximum absolute atomic E-state index is 12.3. The van der Waals surface area contributed by atoms with E-state index in [1.54, 1.807) is 0 Å². The van der Waals surface area contributed by atoms with Gasteiger partial charge in [0.25, 0.3) is 0 Å². The number of piperidine rings is 1. The normalized spacial score (nSPS) is 28.8. The molecule has 0 aromatic carbocycles. The van der Waals surface area contributed by atoms with Crippen LogP contribution < -0.4 is 5.32 Å². The summed E-state index contributed by atoms with van der Waals surface area (Å²) in [4.78, 5) is 17.3. The molecule has 4 aliphatic rings. The van der Waals surface area contributed by atoms with Crippen LogP contribution in [0.2, 0.25) is 0 Å². The van der Waals surface area contributed by atoms with E-state index < -0.39 is 0 Å². The maximum Gasteiger partial charge on any atom is 0.158 e. The van der Waals surface area contributed by atoms with E-state index in [-0.39, 0.29) is 23.6 Å². The molecule has 1 saturated heterocycles. The average Bonchev–Trinajstić information content (AvgIpc) is 2.84. The van der Waals surface area contributed by atoms with E-state index in [1.165, 1.54) is 23.3 Å². The highest BCUT2D eigenvalue weighted by Crippen LogP contribution is 2.53. The fourth-order valence-electron chi connectivity index (χ4n) is 5.05. The van der Waals surface area contributed by atoms with Gasteiger partial charge in [0.2, 0.25) is 0 Å². The van der Waals surface area contributed by atoms with Crippen molar-refractivity contribution in [3.05, 3.63) is 22.9 Å². The van der Waals surface area contributed by atoms with Crippen LogP contribution in [0.25, 0.3) is 0 Å². The Morgan fingerprint density at radius 1 is 1.25 bits per heavy atom. The second kappa shape index (κ2) is 6.10. The number of carbonyl (C=O) groups excluding carboxylic acids is 1. The van der Waals surface area contributed by atoms with Crippen molar-refractivity contribution in [3.8, 4) is 0 Å². The van der Waals surface area contributed by atoms with Gasteiger partial charge in [-0.05, 0) is 67.7 Å². The fourth-order valence-corrected chi connectivity index (χ4v) is 5.05. The van der Waals surface area contributed by atoms with Crippen LogP contribution in [0, 0.1) is 16.7 Å². The van der Waals surface area contributed by atoms with Gasteiger partial charge in [-0.25, -0.2) is 0 Å². The second-order valence-corrected chi connectivity index (χ2v) is 8.92. The molecule has 24 heavy (non-hydrogen) atoms. The largest absolute Gasteiger partial charge is 0.317 e. The molecule has 0 radical (unpaired) electrons. The lowest BCUT2D eigenvalue weighted by molar-refractivity contribution is -0.117. The lowest BCUT2D eigenvalue weighted by Gasteiger charge is -2.42. The first-order valence-corrected chi connectivity index (χ1v) is 9.16.